The predicted octanol–water partition coefficient (Wildman–Crippen LogP) is 3.19. The van der Waals surface area contributed by atoms with Crippen molar-refractivity contribution in [2.24, 2.45) is 11.7 Å². The van der Waals surface area contributed by atoms with Gasteiger partial charge in [0.05, 0.1) is 16.1 Å². The lowest BCUT2D eigenvalue weighted by Crippen LogP contribution is -2.35. The van der Waals surface area contributed by atoms with E-state index < -0.39 is 0 Å². The summed E-state index contributed by atoms with van der Waals surface area (Å²) in [5, 5.41) is 3.81. The van der Waals surface area contributed by atoms with Crippen LogP contribution >= 0.6 is 35.6 Å². The van der Waals surface area contributed by atoms with E-state index in [1.54, 1.807) is 19.1 Å². The van der Waals surface area contributed by atoms with Crippen molar-refractivity contribution >= 4 is 41.5 Å². The summed E-state index contributed by atoms with van der Waals surface area (Å²) in [4.78, 5) is 11.7. The Labute approximate surface area is 123 Å². The van der Waals surface area contributed by atoms with Crippen LogP contribution in [0.3, 0.4) is 0 Å². The molecule has 102 valence electrons. The number of benzene rings is 1. The van der Waals surface area contributed by atoms with E-state index in [-0.39, 0.29) is 30.3 Å². The lowest BCUT2D eigenvalue weighted by Gasteiger charge is -2.18. The van der Waals surface area contributed by atoms with Gasteiger partial charge in [0.15, 0.2) is 0 Å². The fourth-order valence-electron chi connectivity index (χ4n) is 1.40. The molecule has 0 saturated heterocycles. The fraction of sp³-hybridized carbons (Fsp3) is 0.417. The summed E-state index contributed by atoms with van der Waals surface area (Å²) in [5.41, 5.74) is 6.24. The zero-order valence-corrected chi connectivity index (χ0v) is 12.6. The Morgan fingerprint density at radius 1 is 1.39 bits per heavy atom. The molecule has 2 atom stereocenters. The minimum Gasteiger partial charge on any atom is -0.349 e. The first kappa shape index (κ1) is 17.5. The highest BCUT2D eigenvalue weighted by atomic mass is 35.5. The fourth-order valence-corrected chi connectivity index (χ4v) is 1.87. The first-order chi connectivity index (χ1) is 7.97. The lowest BCUT2D eigenvalue weighted by atomic mass is 10.1. The van der Waals surface area contributed by atoms with E-state index >= 15 is 0 Å². The Morgan fingerprint density at radius 3 is 2.56 bits per heavy atom. The molecule has 1 aromatic rings. The van der Waals surface area contributed by atoms with Crippen LogP contribution in [0.1, 0.15) is 25.5 Å². The smallest absolute Gasteiger partial charge is 0.224 e. The number of nitrogens with two attached hydrogens (primary N) is 1. The highest BCUT2D eigenvalue weighted by Crippen LogP contribution is 2.29. The quantitative estimate of drug-likeness (QED) is 0.897. The van der Waals surface area contributed by atoms with Crippen molar-refractivity contribution in [1.82, 2.24) is 5.32 Å². The molecule has 0 aliphatic rings. The normalized spacial score (nSPS) is 13.4. The standard InChI is InChI=1S/C12H16Cl2N2O.ClH/c1-7(6-15)12(17)16-8(2)9-4-3-5-10(13)11(9)14;/h3-5,7-8H,6,15H2,1-2H3,(H,16,17);1H. The monoisotopic (exact) mass is 310 g/mol. The summed E-state index contributed by atoms with van der Waals surface area (Å²) in [5.74, 6) is -0.300. The van der Waals surface area contributed by atoms with E-state index in [2.05, 4.69) is 5.32 Å². The van der Waals surface area contributed by atoms with Crippen LogP contribution in [0.5, 0.6) is 0 Å². The molecule has 0 radical (unpaired) electrons. The highest BCUT2D eigenvalue weighted by molar-refractivity contribution is 6.42. The minimum absolute atomic E-state index is 0. The first-order valence-electron chi connectivity index (χ1n) is 5.41. The number of amides is 1. The molecule has 0 aliphatic heterocycles. The molecule has 0 spiro atoms. The van der Waals surface area contributed by atoms with E-state index in [1.807, 2.05) is 13.0 Å². The average Bonchev–Trinajstić information content (AvgIpc) is 2.31. The van der Waals surface area contributed by atoms with Gasteiger partial charge in [-0.3, -0.25) is 4.79 Å². The van der Waals surface area contributed by atoms with Crippen molar-refractivity contribution in [2.75, 3.05) is 6.54 Å². The van der Waals surface area contributed by atoms with E-state index in [9.17, 15) is 4.79 Å². The number of rotatable bonds is 4. The van der Waals surface area contributed by atoms with E-state index in [0.717, 1.165) is 5.56 Å². The molecular formula is C12H17Cl3N2O. The zero-order chi connectivity index (χ0) is 13.0. The van der Waals surface area contributed by atoms with Crippen LogP contribution in [-0.2, 0) is 4.79 Å². The molecule has 0 aliphatic carbocycles. The summed E-state index contributed by atoms with van der Waals surface area (Å²) in [6, 6.07) is 5.16. The van der Waals surface area contributed by atoms with Gasteiger partial charge in [0.2, 0.25) is 5.91 Å². The summed E-state index contributed by atoms with van der Waals surface area (Å²) < 4.78 is 0. The Balaban J connectivity index is 0.00000289. The summed E-state index contributed by atoms with van der Waals surface area (Å²) in [7, 11) is 0. The van der Waals surface area contributed by atoms with Gasteiger partial charge in [-0.05, 0) is 18.6 Å². The second-order valence-electron chi connectivity index (χ2n) is 4.01. The van der Waals surface area contributed by atoms with Crippen molar-refractivity contribution in [1.29, 1.82) is 0 Å². The average molecular weight is 312 g/mol. The highest BCUT2D eigenvalue weighted by Gasteiger charge is 2.17. The van der Waals surface area contributed by atoms with Crippen LogP contribution in [-0.4, -0.2) is 12.5 Å². The van der Waals surface area contributed by atoms with Crippen LogP contribution in [0.4, 0.5) is 0 Å². The molecule has 0 fully saturated rings. The van der Waals surface area contributed by atoms with Gasteiger partial charge in [-0.15, -0.1) is 12.4 Å². The van der Waals surface area contributed by atoms with Gasteiger partial charge in [0.25, 0.3) is 0 Å². The summed E-state index contributed by atoms with van der Waals surface area (Å²) >= 11 is 12.0. The molecular weight excluding hydrogens is 295 g/mol. The van der Waals surface area contributed by atoms with Crippen LogP contribution in [0.15, 0.2) is 18.2 Å². The van der Waals surface area contributed by atoms with Crippen LogP contribution < -0.4 is 11.1 Å². The number of hydrogen-bond donors (Lipinski definition) is 2. The third-order valence-corrected chi connectivity index (χ3v) is 3.44. The maximum Gasteiger partial charge on any atom is 0.224 e. The summed E-state index contributed by atoms with van der Waals surface area (Å²) in [6.07, 6.45) is 0. The van der Waals surface area contributed by atoms with Gasteiger partial charge >= 0.3 is 0 Å². The molecule has 0 heterocycles. The van der Waals surface area contributed by atoms with Crippen LogP contribution in [0, 0.1) is 5.92 Å². The van der Waals surface area contributed by atoms with Crippen molar-refractivity contribution in [3.63, 3.8) is 0 Å². The second kappa shape index (κ2) is 7.85. The summed E-state index contributed by atoms with van der Waals surface area (Å²) in [6.45, 7) is 3.96. The number of nitrogens with one attached hydrogen (secondary N) is 1. The SMILES string of the molecule is CC(CN)C(=O)NC(C)c1cccc(Cl)c1Cl.Cl. The zero-order valence-electron chi connectivity index (χ0n) is 10.2. The van der Waals surface area contributed by atoms with Gasteiger partial charge in [-0.2, -0.15) is 0 Å². The molecule has 1 rings (SSSR count). The molecule has 0 saturated carbocycles. The number of carbonyl (C=O) groups is 1. The molecule has 0 aromatic heterocycles. The van der Waals surface area contributed by atoms with E-state index in [1.165, 1.54) is 0 Å². The second-order valence-corrected chi connectivity index (χ2v) is 4.80. The maximum atomic E-state index is 11.7. The Bertz CT molecular complexity index is 412. The molecule has 18 heavy (non-hydrogen) atoms. The molecule has 0 bridgehead atoms. The third-order valence-electron chi connectivity index (χ3n) is 2.61. The Morgan fingerprint density at radius 2 is 2.00 bits per heavy atom. The van der Waals surface area contributed by atoms with Crippen LogP contribution in [0.2, 0.25) is 10.0 Å². The number of halogens is 3. The Kier molecular flexibility index (Phi) is 7.64. The predicted molar refractivity (Wildman–Crippen MR) is 78.5 cm³/mol. The lowest BCUT2D eigenvalue weighted by molar-refractivity contribution is -0.124. The number of carbonyl (C=O) groups excluding carboxylic acids is 1. The van der Waals surface area contributed by atoms with Crippen molar-refractivity contribution in [3.05, 3.63) is 33.8 Å². The van der Waals surface area contributed by atoms with Gasteiger partial charge in [0, 0.05) is 12.5 Å². The third kappa shape index (κ3) is 4.32. The molecule has 3 nitrogen and oxygen atoms in total. The van der Waals surface area contributed by atoms with Crippen molar-refractivity contribution in [2.45, 2.75) is 19.9 Å². The van der Waals surface area contributed by atoms with Crippen molar-refractivity contribution in [3.8, 4) is 0 Å². The number of hydrogen-bond acceptors (Lipinski definition) is 2. The van der Waals surface area contributed by atoms with Gasteiger partial charge in [0.1, 0.15) is 0 Å². The van der Waals surface area contributed by atoms with Crippen molar-refractivity contribution < 1.29 is 4.79 Å². The minimum atomic E-state index is -0.213. The first-order valence-corrected chi connectivity index (χ1v) is 6.17. The maximum absolute atomic E-state index is 11.7. The molecule has 6 heteroatoms. The molecule has 1 aromatic carbocycles. The largest absolute Gasteiger partial charge is 0.349 e. The van der Waals surface area contributed by atoms with E-state index in [0.29, 0.717) is 16.6 Å². The molecule has 1 amide bonds. The topological polar surface area (TPSA) is 55.1 Å². The Hall–Kier alpha value is -0.480. The molecule has 3 N–H and O–H groups in total. The van der Waals surface area contributed by atoms with E-state index in [4.69, 9.17) is 28.9 Å². The van der Waals surface area contributed by atoms with Gasteiger partial charge in [-0.1, -0.05) is 42.3 Å². The van der Waals surface area contributed by atoms with Gasteiger partial charge in [-0.25, -0.2) is 0 Å². The molecule has 2 unspecified atom stereocenters. The van der Waals surface area contributed by atoms with Crippen LogP contribution in [0.25, 0.3) is 0 Å². The van der Waals surface area contributed by atoms with Gasteiger partial charge < -0.3 is 11.1 Å².